The second kappa shape index (κ2) is 5.26. The molecule has 0 aliphatic carbocycles. The number of hydrogen-bond donors (Lipinski definition) is 1. The molecule has 0 amide bonds. The number of H-pyrrole nitrogens is 1. The average molecular weight is 340 g/mol. The molecule has 0 fully saturated rings. The summed E-state index contributed by atoms with van der Waals surface area (Å²) in [6, 6.07) is 17.7. The standard InChI is InChI=1S/C21H16N4O/c1-12-14(20-22-16-7-3-4-8-17(16)23-20)11-15(13(2)26)21-24-18-9-5-6-10-19(18)25(12)21/h3-11H,1-2H3,(H,22,23). The predicted molar refractivity (Wildman–Crippen MR) is 103 cm³/mol. The molecule has 126 valence electrons. The van der Waals surface area contributed by atoms with Gasteiger partial charge in [-0.1, -0.05) is 24.3 Å². The lowest BCUT2D eigenvalue weighted by molar-refractivity contribution is 0.101. The number of ketones is 1. The molecular weight excluding hydrogens is 324 g/mol. The van der Waals surface area contributed by atoms with E-state index in [9.17, 15) is 4.79 Å². The fourth-order valence-electron chi connectivity index (χ4n) is 3.56. The highest BCUT2D eigenvalue weighted by molar-refractivity contribution is 6.03. The summed E-state index contributed by atoms with van der Waals surface area (Å²) in [5.41, 5.74) is 6.93. The molecule has 5 heteroatoms. The summed E-state index contributed by atoms with van der Waals surface area (Å²) in [5, 5.41) is 0. The summed E-state index contributed by atoms with van der Waals surface area (Å²) in [6.45, 7) is 3.61. The molecule has 0 saturated heterocycles. The second-order valence-electron chi connectivity index (χ2n) is 6.48. The number of rotatable bonds is 2. The largest absolute Gasteiger partial charge is 0.338 e. The third-order valence-electron chi connectivity index (χ3n) is 4.84. The molecule has 1 N–H and O–H groups in total. The van der Waals surface area contributed by atoms with Crippen molar-refractivity contribution in [3.63, 3.8) is 0 Å². The van der Waals surface area contributed by atoms with Crippen molar-refractivity contribution < 1.29 is 4.79 Å². The minimum absolute atomic E-state index is 0.0114. The van der Waals surface area contributed by atoms with Crippen molar-refractivity contribution in [2.45, 2.75) is 13.8 Å². The highest BCUT2D eigenvalue weighted by Gasteiger charge is 2.19. The Morgan fingerprint density at radius 3 is 2.50 bits per heavy atom. The number of aryl methyl sites for hydroxylation is 1. The van der Waals surface area contributed by atoms with Crippen molar-refractivity contribution in [1.29, 1.82) is 0 Å². The number of hydrogen-bond acceptors (Lipinski definition) is 3. The van der Waals surface area contributed by atoms with Crippen LogP contribution in [0.15, 0.2) is 54.6 Å². The van der Waals surface area contributed by atoms with Gasteiger partial charge >= 0.3 is 0 Å². The molecular formula is C21H16N4O. The minimum atomic E-state index is -0.0114. The number of nitrogens with one attached hydrogen (secondary N) is 1. The van der Waals surface area contributed by atoms with E-state index in [1.54, 1.807) is 6.92 Å². The van der Waals surface area contributed by atoms with Crippen molar-refractivity contribution in [1.82, 2.24) is 19.4 Å². The number of Topliss-reactive ketones (excluding diaryl/α,β-unsaturated/α-hetero) is 1. The van der Waals surface area contributed by atoms with Crippen molar-refractivity contribution >= 4 is 33.5 Å². The zero-order valence-corrected chi connectivity index (χ0v) is 14.4. The van der Waals surface area contributed by atoms with E-state index in [1.807, 2.05) is 61.5 Å². The maximum Gasteiger partial charge on any atom is 0.163 e. The first-order valence-electron chi connectivity index (χ1n) is 8.50. The first-order chi connectivity index (χ1) is 12.6. The zero-order chi connectivity index (χ0) is 17.8. The molecule has 0 atom stereocenters. The zero-order valence-electron chi connectivity index (χ0n) is 14.4. The van der Waals surface area contributed by atoms with Crippen LogP contribution in [0, 0.1) is 6.92 Å². The van der Waals surface area contributed by atoms with Crippen LogP contribution in [0.5, 0.6) is 0 Å². The summed E-state index contributed by atoms with van der Waals surface area (Å²) >= 11 is 0. The lowest BCUT2D eigenvalue weighted by Gasteiger charge is -2.10. The van der Waals surface area contributed by atoms with Crippen LogP contribution < -0.4 is 0 Å². The number of carbonyl (C=O) groups excluding carboxylic acids is 1. The van der Waals surface area contributed by atoms with Crippen LogP contribution in [0.25, 0.3) is 39.1 Å². The third kappa shape index (κ3) is 2.00. The smallest absolute Gasteiger partial charge is 0.163 e. The predicted octanol–water partition coefficient (Wildman–Crippen LogP) is 4.54. The Morgan fingerprint density at radius 1 is 1.00 bits per heavy atom. The van der Waals surface area contributed by atoms with Gasteiger partial charge in [0.25, 0.3) is 0 Å². The number of para-hydroxylation sites is 4. The van der Waals surface area contributed by atoms with Gasteiger partial charge in [-0.15, -0.1) is 0 Å². The van der Waals surface area contributed by atoms with Gasteiger partial charge in [-0.25, -0.2) is 9.97 Å². The molecule has 0 unspecified atom stereocenters. The first-order valence-corrected chi connectivity index (χ1v) is 8.50. The molecule has 0 radical (unpaired) electrons. The van der Waals surface area contributed by atoms with Gasteiger partial charge in [0.1, 0.15) is 11.5 Å². The van der Waals surface area contributed by atoms with Gasteiger partial charge in [0.05, 0.1) is 27.6 Å². The van der Waals surface area contributed by atoms with Crippen LogP contribution in [-0.2, 0) is 0 Å². The van der Waals surface area contributed by atoms with Gasteiger partial charge in [0.15, 0.2) is 5.78 Å². The summed E-state index contributed by atoms with van der Waals surface area (Å²) < 4.78 is 2.05. The Balaban J connectivity index is 1.92. The van der Waals surface area contributed by atoms with Crippen molar-refractivity contribution in [2.75, 3.05) is 0 Å². The van der Waals surface area contributed by atoms with Crippen LogP contribution in [0.4, 0.5) is 0 Å². The highest BCUT2D eigenvalue weighted by Crippen LogP contribution is 2.30. The second-order valence-corrected chi connectivity index (χ2v) is 6.48. The number of imidazole rings is 2. The summed E-state index contributed by atoms with van der Waals surface area (Å²) in [6.07, 6.45) is 0. The van der Waals surface area contributed by atoms with Gasteiger partial charge in [0.2, 0.25) is 0 Å². The number of benzene rings is 2. The van der Waals surface area contributed by atoms with Crippen LogP contribution in [-0.4, -0.2) is 25.1 Å². The first kappa shape index (κ1) is 14.8. The molecule has 0 aliphatic heterocycles. The fourth-order valence-corrected chi connectivity index (χ4v) is 3.56. The van der Waals surface area contributed by atoms with E-state index >= 15 is 0 Å². The maximum absolute atomic E-state index is 12.3. The molecule has 3 heterocycles. The lowest BCUT2D eigenvalue weighted by atomic mass is 10.1. The van der Waals surface area contributed by atoms with Gasteiger partial charge in [-0.05, 0) is 44.2 Å². The Labute approximate surface area is 149 Å². The van der Waals surface area contributed by atoms with Gasteiger partial charge in [0, 0.05) is 11.3 Å². The number of aromatic amines is 1. The minimum Gasteiger partial charge on any atom is -0.338 e. The molecule has 5 aromatic rings. The van der Waals surface area contributed by atoms with Crippen molar-refractivity contribution in [3.05, 3.63) is 65.9 Å². The van der Waals surface area contributed by atoms with E-state index in [-0.39, 0.29) is 5.78 Å². The molecule has 5 nitrogen and oxygen atoms in total. The Morgan fingerprint density at radius 2 is 1.73 bits per heavy atom. The lowest BCUT2D eigenvalue weighted by Crippen LogP contribution is -2.03. The van der Waals surface area contributed by atoms with Crippen LogP contribution >= 0.6 is 0 Å². The van der Waals surface area contributed by atoms with Crippen molar-refractivity contribution in [2.24, 2.45) is 0 Å². The number of aromatic nitrogens is 4. The third-order valence-corrected chi connectivity index (χ3v) is 4.84. The van der Waals surface area contributed by atoms with Gasteiger partial charge in [-0.3, -0.25) is 9.20 Å². The van der Waals surface area contributed by atoms with E-state index in [1.165, 1.54) is 0 Å². The van der Waals surface area contributed by atoms with Gasteiger partial charge in [-0.2, -0.15) is 0 Å². The molecule has 0 saturated carbocycles. The van der Waals surface area contributed by atoms with E-state index in [0.29, 0.717) is 11.2 Å². The molecule has 0 bridgehead atoms. The number of carbonyl (C=O) groups is 1. The summed E-state index contributed by atoms with van der Waals surface area (Å²) in [5.74, 6) is 0.744. The molecule has 3 aromatic heterocycles. The Kier molecular flexibility index (Phi) is 3.00. The van der Waals surface area contributed by atoms with E-state index in [0.717, 1.165) is 39.1 Å². The van der Waals surface area contributed by atoms with Crippen LogP contribution in [0.3, 0.4) is 0 Å². The monoisotopic (exact) mass is 340 g/mol. The Hall–Kier alpha value is -3.47. The number of fused-ring (bicyclic) bond motifs is 4. The quantitative estimate of drug-likeness (QED) is 0.480. The molecule has 0 aliphatic rings. The SMILES string of the molecule is CC(=O)c1cc(-c2nc3ccccc3[nH]2)c(C)n2c1nc1ccccc12. The van der Waals surface area contributed by atoms with Crippen LogP contribution in [0.2, 0.25) is 0 Å². The highest BCUT2D eigenvalue weighted by atomic mass is 16.1. The van der Waals surface area contributed by atoms with E-state index < -0.39 is 0 Å². The maximum atomic E-state index is 12.3. The summed E-state index contributed by atoms with van der Waals surface area (Å²) in [4.78, 5) is 25.1. The summed E-state index contributed by atoms with van der Waals surface area (Å²) in [7, 11) is 0. The fraction of sp³-hybridized carbons (Fsp3) is 0.0952. The van der Waals surface area contributed by atoms with E-state index in [4.69, 9.17) is 4.98 Å². The molecule has 0 spiro atoms. The Bertz CT molecular complexity index is 1290. The van der Waals surface area contributed by atoms with E-state index in [2.05, 4.69) is 14.4 Å². The van der Waals surface area contributed by atoms with Crippen LogP contribution in [0.1, 0.15) is 23.0 Å². The molecule has 2 aromatic carbocycles. The molecule has 5 rings (SSSR count). The van der Waals surface area contributed by atoms with Gasteiger partial charge < -0.3 is 4.98 Å². The van der Waals surface area contributed by atoms with Crippen molar-refractivity contribution in [3.8, 4) is 11.4 Å². The topological polar surface area (TPSA) is 63.0 Å². The average Bonchev–Trinajstić information content (AvgIpc) is 3.23. The normalized spacial score (nSPS) is 11.6. The number of nitrogens with zero attached hydrogens (tertiary/aromatic N) is 3. The number of pyridine rings is 1. The molecule has 26 heavy (non-hydrogen) atoms.